The van der Waals surface area contributed by atoms with Gasteiger partial charge < -0.3 is 15.0 Å². The van der Waals surface area contributed by atoms with Gasteiger partial charge in [-0.05, 0) is 25.5 Å². The van der Waals surface area contributed by atoms with Gasteiger partial charge in [0.2, 0.25) is 5.13 Å². The van der Waals surface area contributed by atoms with Crippen molar-refractivity contribution in [1.82, 2.24) is 20.5 Å². The van der Waals surface area contributed by atoms with E-state index in [4.69, 9.17) is 4.74 Å². The summed E-state index contributed by atoms with van der Waals surface area (Å²) in [5, 5.41) is 13.3. The fourth-order valence-corrected chi connectivity index (χ4v) is 3.06. The fourth-order valence-electron chi connectivity index (χ4n) is 2.62. The Labute approximate surface area is 144 Å². The maximum Gasteiger partial charge on any atom is 0.321 e. The molecule has 0 bridgehead atoms. The molecule has 9 heteroatoms. The van der Waals surface area contributed by atoms with Gasteiger partial charge in [-0.1, -0.05) is 17.4 Å². The number of hydrogen-bond acceptors (Lipinski definition) is 7. The van der Waals surface area contributed by atoms with Gasteiger partial charge in [0.05, 0.1) is 12.2 Å². The van der Waals surface area contributed by atoms with Crippen LogP contribution in [0.2, 0.25) is 0 Å². The van der Waals surface area contributed by atoms with Crippen molar-refractivity contribution >= 4 is 28.3 Å². The molecule has 2 aromatic heterocycles. The summed E-state index contributed by atoms with van der Waals surface area (Å²) in [5.41, 5.74) is 2.49. The van der Waals surface area contributed by atoms with E-state index in [0.29, 0.717) is 11.7 Å². The molecule has 1 saturated heterocycles. The third-order valence-electron chi connectivity index (χ3n) is 3.59. The van der Waals surface area contributed by atoms with E-state index in [1.165, 1.54) is 11.3 Å². The Balaban J connectivity index is 1.52. The van der Waals surface area contributed by atoms with Gasteiger partial charge in [0, 0.05) is 25.8 Å². The summed E-state index contributed by atoms with van der Waals surface area (Å²) in [6.45, 7) is 6.20. The highest BCUT2D eigenvalue weighted by Gasteiger charge is 2.22. The Kier molecular flexibility index (Phi) is 5.21. The van der Waals surface area contributed by atoms with E-state index in [2.05, 4.69) is 44.6 Å². The number of ether oxygens (including phenoxy) is 1. The SMILES string of the molecule is CC1CN(c2ccc(CNC(=O)Nc3nncs3)cn2)CC(C)O1. The van der Waals surface area contributed by atoms with E-state index in [1.807, 2.05) is 12.1 Å². The number of urea groups is 1. The van der Waals surface area contributed by atoms with E-state index >= 15 is 0 Å². The van der Waals surface area contributed by atoms with Gasteiger partial charge in [-0.2, -0.15) is 0 Å². The number of morpholine rings is 1. The number of hydrogen-bond donors (Lipinski definition) is 2. The van der Waals surface area contributed by atoms with Crippen LogP contribution in [0, 0.1) is 0 Å². The number of nitrogens with zero attached hydrogens (tertiary/aromatic N) is 4. The maximum atomic E-state index is 11.7. The minimum Gasteiger partial charge on any atom is -0.372 e. The zero-order valence-corrected chi connectivity index (χ0v) is 14.4. The lowest BCUT2D eigenvalue weighted by Gasteiger charge is -2.36. The lowest BCUT2D eigenvalue weighted by molar-refractivity contribution is -0.00546. The van der Waals surface area contributed by atoms with Crippen LogP contribution < -0.4 is 15.5 Å². The molecule has 1 fully saturated rings. The molecule has 0 spiro atoms. The molecule has 1 aliphatic rings. The fraction of sp³-hybridized carbons (Fsp3) is 0.467. The topological polar surface area (TPSA) is 92.3 Å². The summed E-state index contributed by atoms with van der Waals surface area (Å²) in [4.78, 5) is 18.5. The minimum atomic E-state index is -0.313. The largest absolute Gasteiger partial charge is 0.372 e. The van der Waals surface area contributed by atoms with Crippen LogP contribution in [0.1, 0.15) is 19.4 Å². The maximum absolute atomic E-state index is 11.7. The molecule has 2 amide bonds. The molecule has 24 heavy (non-hydrogen) atoms. The van der Waals surface area contributed by atoms with E-state index in [1.54, 1.807) is 11.7 Å². The quantitative estimate of drug-likeness (QED) is 0.876. The molecule has 128 valence electrons. The first-order chi connectivity index (χ1) is 11.6. The van der Waals surface area contributed by atoms with Gasteiger partial charge in [0.15, 0.2) is 0 Å². The molecule has 8 nitrogen and oxygen atoms in total. The molecule has 0 radical (unpaired) electrons. The number of nitrogens with one attached hydrogen (secondary N) is 2. The second-order valence-corrected chi connectivity index (χ2v) is 6.57. The van der Waals surface area contributed by atoms with Crippen LogP contribution in [0.4, 0.5) is 15.7 Å². The van der Waals surface area contributed by atoms with Crippen molar-refractivity contribution in [3.05, 3.63) is 29.4 Å². The Morgan fingerprint density at radius 3 is 2.79 bits per heavy atom. The highest BCUT2D eigenvalue weighted by molar-refractivity contribution is 7.13. The van der Waals surface area contributed by atoms with Gasteiger partial charge in [0.1, 0.15) is 11.3 Å². The van der Waals surface area contributed by atoms with Gasteiger partial charge >= 0.3 is 6.03 Å². The number of pyridine rings is 1. The zero-order valence-electron chi connectivity index (χ0n) is 13.6. The first kappa shape index (κ1) is 16.6. The zero-order chi connectivity index (χ0) is 16.9. The number of carbonyl (C=O) groups excluding carboxylic acids is 1. The monoisotopic (exact) mass is 348 g/mol. The molecule has 2 N–H and O–H groups in total. The predicted octanol–water partition coefficient (Wildman–Crippen LogP) is 1.87. The van der Waals surface area contributed by atoms with Crippen LogP contribution in [0.15, 0.2) is 23.8 Å². The molecule has 2 aromatic rings. The van der Waals surface area contributed by atoms with Crippen molar-refractivity contribution in [1.29, 1.82) is 0 Å². The molecule has 1 aliphatic heterocycles. The summed E-state index contributed by atoms with van der Waals surface area (Å²) < 4.78 is 5.74. The van der Waals surface area contributed by atoms with Crippen LogP contribution >= 0.6 is 11.3 Å². The lowest BCUT2D eigenvalue weighted by atomic mass is 10.2. The average Bonchev–Trinajstić information content (AvgIpc) is 3.05. The smallest absolute Gasteiger partial charge is 0.321 e. The molecule has 0 saturated carbocycles. The molecule has 2 unspecified atom stereocenters. The standard InChI is InChI=1S/C15H20N6O2S/c1-10-7-21(8-11(2)23-10)13-4-3-12(5-16-13)6-17-14(22)19-15-20-18-9-24-15/h3-5,9-11H,6-8H2,1-2H3,(H2,17,19,20,22). The van der Waals surface area contributed by atoms with Gasteiger partial charge in [-0.15, -0.1) is 10.2 Å². The Bertz CT molecular complexity index is 653. The second kappa shape index (κ2) is 7.54. The Morgan fingerprint density at radius 1 is 1.38 bits per heavy atom. The van der Waals surface area contributed by atoms with E-state index in [0.717, 1.165) is 24.5 Å². The highest BCUT2D eigenvalue weighted by Crippen LogP contribution is 2.18. The highest BCUT2D eigenvalue weighted by atomic mass is 32.1. The Hall–Kier alpha value is -2.26. The summed E-state index contributed by atoms with van der Waals surface area (Å²) in [6.07, 6.45) is 2.17. The van der Waals surface area contributed by atoms with Gasteiger partial charge in [-0.3, -0.25) is 5.32 Å². The minimum absolute atomic E-state index is 0.195. The van der Waals surface area contributed by atoms with Crippen molar-refractivity contribution in [2.24, 2.45) is 0 Å². The van der Waals surface area contributed by atoms with Crippen LogP contribution in [-0.4, -0.2) is 46.5 Å². The van der Waals surface area contributed by atoms with Crippen molar-refractivity contribution in [3.8, 4) is 0 Å². The molecule has 0 aliphatic carbocycles. The number of amides is 2. The summed E-state index contributed by atoms with van der Waals surface area (Å²) in [5.74, 6) is 0.930. The number of aromatic nitrogens is 3. The lowest BCUT2D eigenvalue weighted by Crippen LogP contribution is -2.45. The van der Waals surface area contributed by atoms with Crippen molar-refractivity contribution in [3.63, 3.8) is 0 Å². The van der Waals surface area contributed by atoms with E-state index < -0.39 is 0 Å². The summed E-state index contributed by atoms with van der Waals surface area (Å²) in [6, 6.07) is 3.63. The third kappa shape index (κ3) is 4.39. The van der Waals surface area contributed by atoms with Gasteiger partial charge in [0.25, 0.3) is 0 Å². The number of rotatable bonds is 4. The van der Waals surface area contributed by atoms with Gasteiger partial charge in [-0.25, -0.2) is 9.78 Å². The van der Waals surface area contributed by atoms with Crippen LogP contribution in [0.3, 0.4) is 0 Å². The van der Waals surface area contributed by atoms with Crippen LogP contribution in [0.25, 0.3) is 0 Å². The van der Waals surface area contributed by atoms with E-state index in [-0.39, 0.29) is 18.2 Å². The van der Waals surface area contributed by atoms with Crippen molar-refractivity contribution in [2.75, 3.05) is 23.3 Å². The number of anilines is 2. The summed E-state index contributed by atoms with van der Waals surface area (Å²) in [7, 11) is 0. The molecule has 2 atom stereocenters. The predicted molar refractivity (Wildman–Crippen MR) is 92.2 cm³/mol. The third-order valence-corrected chi connectivity index (χ3v) is 4.19. The molecular weight excluding hydrogens is 328 g/mol. The summed E-state index contributed by atoms with van der Waals surface area (Å²) >= 11 is 1.27. The van der Waals surface area contributed by atoms with Crippen LogP contribution in [0.5, 0.6) is 0 Å². The molecular formula is C15H20N6O2S. The molecule has 0 aromatic carbocycles. The average molecular weight is 348 g/mol. The Morgan fingerprint density at radius 2 is 2.17 bits per heavy atom. The normalized spacial score (nSPS) is 20.7. The first-order valence-electron chi connectivity index (χ1n) is 7.76. The van der Waals surface area contributed by atoms with Crippen LogP contribution in [-0.2, 0) is 11.3 Å². The van der Waals surface area contributed by atoms with E-state index in [9.17, 15) is 4.79 Å². The first-order valence-corrected chi connectivity index (χ1v) is 8.64. The molecule has 3 heterocycles. The molecule has 3 rings (SSSR count). The number of carbonyl (C=O) groups is 1. The van der Waals surface area contributed by atoms with Crippen molar-refractivity contribution < 1.29 is 9.53 Å². The second-order valence-electron chi connectivity index (χ2n) is 5.74. The van der Waals surface area contributed by atoms with Crippen molar-refractivity contribution in [2.45, 2.75) is 32.6 Å².